The molecule has 0 amide bonds. The van der Waals surface area contributed by atoms with E-state index >= 15 is 0 Å². The normalized spacial score (nSPS) is 13.5. The van der Waals surface area contributed by atoms with Crippen LogP contribution < -0.4 is 5.73 Å². The van der Waals surface area contributed by atoms with Crippen LogP contribution in [0.3, 0.4) is 0 Å². The highest BCUT2D eigenvalue weighted by atomic mass is 32.1. The van der Waals surface area contributed by atoms with Gasteiger partial charge in [0.1, 0.15) is 0 Å². The fourth-order valence-corrected chi connectivity index (χ4v) is 3.74. The molecule has 0 saturated carbocycles. The minimum absolute atomic E-state index is 0.0374. The van der Waals surface area contributed by atoms with Crippen LogP contribution in [-0.4, -0.2) is 6.04 Å². The highest BCUT2D eigenvalue weighted by Gasteiger charge is 2.28. The fraction of sp³-hybridized carbons (Fsp3) is 0.263. The Labute approximate surface area is 130 Å². The van der Waals surface area contributed by atoms with Crippen molar-refractivity contribution in [3.05, 3.63) is 71.1 Å². The van der Waals surface area contributed by atoms with Crippen LogP contribution in [0.4, 0.5) is 0 Å². The van der Waals surface area contributed by atoms with Crippen LogP contribution in [0.25, 0.3) is 10.1 Å². The number of hydrogen-bond donors (Lipinski definition) is 1. The molecule has 1 atom stereocenters. The van der Waals surface area contributed by atoms with E-state index in [0.29, 0.717) is 0 Å². The SMILES string of the molecule is CC(C)(c1ccccc1)C(N)Cc1csc2ccccc12. The lowest BCUT2D eigenvalue weighted by Gasteiger charge is -2.32. The minimum atomic E-state index is -0.0374. The lowest BCUT2D eigenvalue weighted by molar-refractivity contribution is 0.407. The van der Waals surface area contributed by atoms with Gasteiger partial charge in [-0.25, -0.2) is 0 Å². The summed E-state index contributed by atoms with van der Waals surface area (Å²) in [5.41, 5.74) is 9.20. The van der Waals surface area contributed by atoms with Crippen molar-refractivity contribution in [3.63, 3.8) is 0 Å². The van der Waals surface area contributed by atoms with E-state index in [-0.39, 0.29) is 11.5 Å². The second kappa shape index (κ2) is 5.63. The van der Waals surface area contributed by atoms with Crippen LogP contribution in [0, 0.1) is 0 Å². The Morgan fingerprint density at radius 1 is 1.00 bits per heavy atom. The van der Waals surface area contributed by atoms with Crippen LogP contribution >= 0.6 is 11.3 Å². The molecule has 1 nitrogen and oxygen atoms in total. The standard InChI is InChI=1S/C19H21NS/c1-19(2,15-8-4-3-5-9-15)18(20)12-14-13-21-17-11-7-6-10-16(14)17/h3-11,13,18H,12,20H2,1-2H3. The molecule has 0 aliphatic heterocycles. The quantitative estimate of drug-likeness (QED) is 0.738. The van der Waals surface area contributed by atoms with E-state index in [2.05, 4.69) is 73.8 Å². The smallest absolute Gasteiger partial charge is 0.0345 e. The van der Waals surface area contributed by atoms with Gasteiger partial charge >= 0.3 is 0 Å². The van der Waals surface area contributed by atoms with E-state index in [1.807, 2.05) is 0 Å². The number of benzene rings is 2. The van der Waals surface area contributed by atoms with Gasteiger partial charge in [0.05, 0.1) is 0 Å². The summed E-state index contributed by atoms with van der Waals surface area (Å²) in [4.78, 5) is 0. The van der Waals surface area contributed by atoms with Gasteiger partial charge < -0.3 is 5.73 Å². The Bertz CT molecular complexity index is 727. The third-order valence-electron chi connectivity index (χ3n) is 4.45. The molecular formula is C19H21NS. The zero-order chi connectivity index (χ0) is 14.9. The number of fused-ring (bicyclic) bond motifs is 1. The predicted molar refractivity (Wildman–Crippen MR) is 93.0 cm³/mol. The molecule has 0 fully saturated rings. The first-order chi connectivity index (χ1) is 10.1. The maximum Gasteiger partial charge on any atom is 0.0345 e. The van der Waals surface area contributed by atoms with Crippen molar-refractivity contribution >= 4 is 21.4 Å². The van der Waals surface area contributed by atoms with E-state index < -0.39 is 0 Å². The third-order valence-corrected chi connectivity index (χ3v) is 5.46. The molecule has 1 heterocycles. The lowest BCUT2D eigenvalue weighted by Crippen LogP contribution is -2.42. The maximum atomic E-state index is 6.57. The first kappa shape index (κ1) is 14.3. The molecule has 0 spiro atoms. The van der Waals surface area contributed by atoms with Gasteiger partial charge in [-0.3, -0.25) is 0 Å². The molecule has 21 heavy (non-hydrogen) atoms. The monoisotopic (exact) mass is 295 g/mol. The highest BCUT2D eigenvalue weighted by molar-refractivity contribution is 7.17. The topological polar surface area (TPSA) is 26.0 Å². The lowest BCUT2D eigenvalue weighted by atomic mass is 9.76. The van der Waals surface area contributed by atoms with Crippen molar-refractivity contribution < 1.29 is 0 Å². The number of nitrogens with two attached hydrogens (primary N) is 1. The average molecular weight is 295 g/mol. The minimum Gasteiger partial charge on any atom is -0.327 e. The van der Waals surface area contributed by atoms with Gasteiger partial charge in [0.25, 0.3) is 0 Å². The molecule has 0 saturated heterocycles. The number of thiophene rings is 1. The Morgan fingerprint density at radius 3 is 2.43 bits per heavy atom. The Balaban J connectivity index is 1.87. The van der Waals surface area contributed by atoms with Crippen LogP contribution in [0.2, 0.25) is 0 Å². The van der Waals surface area contributed by atoms with Crippen molar-refractivity contribution in [2.24, 2.45) is 5.73 Å². The molecule has 3 aromatic rings. The summed E-state index contributed by atoms with van der Waals surface area (Å²) in [7, 11) is 0. The highest BCUT2D eigenvalue weighted by Crippen LogP contribution is 2.31. The Morgan fingerprint density at radius 2 is 1.67 bits per heavy atom. The van der Waals surface area contributed by atoms with Gasteiger partial charge in [-0.1, -0.05) is 62.4 Å². The molecule has 0 aliphatic rings. The largest absolute Gasteiger partial charge is 0.327 e. The van der Waals surface area contributed by atoms with Crippen LogP contribution in [0.1, 0.15) is 25.0 Å². The first-order valence-corrected chi connectivity index (χ1v) is 8.23. The molecule has 0 radical (unpaired) electrons. The van der Waals surface area contributed by atoms with Gasteiger partial charge in [-0.15, -0.1) is 11.3 Å². The fourth-order valence-electron chi connectivity index (χ4n) is 2.76. The van der Waals surface area contributed by atoms with E-state index in [4.69, 9.17) is 5.73 Å². The molecular weight excluding hydrogens is 274 g/mol. The Kier molecular flexibility index (Phi) is 3.83. The summed E-state index contributed by atoms with van der Waals surface area (Å²) < 4.78 is 1.34. The van der Waals surface area contributed by atoms with Gasteiger partial charge in [-0.05, 0) is 34.4 Å². The molecule has 0 aliphatic carbocycles. The summed E-state index contributed by atoms with van der Waals surface area (Å²) >= 11 is 1.81. The van der Waals surface area contributed by atoms with Crippen LogP contribution in [0.5, 0.6) is 0 Å². The van der Waals surface area contributed by atoms with Crippen molar-refractivity contribution in [2.45, 2.75) is 31.7 Å². The van der Waals surface area contributed by atoms with E-state index in [1.54, 1.807) is 11.3 Å². The maximum absolute atomic E-state index is 6.57. The van der Waals surface area contributed by atoms with Gasteiger partial charge in [0, 0.05) is 16.2 Å². The summed E-state index contributed by atoms with van der Waals surface area (Å²) in [5, 5.41) is 3.60. The molecule has 108 valence electrons. The molecule has 0 bridgehead atoms. The second-order valence-electron chi connectivity index (χ2n) is 6.16. The average Bonchev–Trinajstić information content (AvgIpc) is 2.91. The zero-order valence-electron chi connectivity index (χ0n) is 12.5. The molecule has 2 heteroatoms. The summed E-state index contributed by atoms with van der Waals surface area (Å²) in [6.07, 6.45) is 0.909. The van der Waals surface area contributed by atoms with Gasteiger partial charge in [0.2, 0.25) is 0 Å². The predicted octanol–water partition coefficient (Wildman–Crippen LogP) is 4.75. The van der Waals surface area contributed by atoms with E-state index in [0.717, 1.165) is 6.42 Å². The summed E-state index contributed by atoms with van der Waals surface area (Å²) in [6, 6.07) is 19.2. The van der Waals surface area contributed by atoms with Crippen LogP contribution in [0.15, 0.2) is 60.0 Å². The van der Waals surface area contributed by atoms with Crippen molar-refractivity contribution in [3.8, 4) is 0 Å². The van der Waals surface area contributed by atoms with Crippen molar-refractivity contribution in [1.29, 1.82) is 0 Å². The Hall–Kier alpha value is -1.64. The summed E-state index contributed by atoms with van der Waals surface area (Å²) in [5.74, 6) is 0. The molecule has 1 unspecified atom stereocenters. The van der Waals surface area contributed by atoms with Gasteiger partial charge in [-0.2, -0.15) is 0 Å². The van der Waals surface area contributed by atoms with Gasteiger partial charge in [0.15, 0.2) is 0 Å². The third kappa shape index (κ3) is 2.74. The molecule has 3 rings (SSSR count). The van der Waals surface area contributed by atoms with Crippen molar-refractivity contribution in [2.75, 3.05) is 0 Å². The van der Waals surface area contributed by atoms with Crippen molar-refractivity contribution in [1.82, 2.24) is 0 Å². The number of rotatable bonds is 4. The molecule has 2 aromatic carbocycles. The first-order valence-electron chi connectivity index (χ1n) is 7.35. The number of hydrogen-bond acceptors (Lipinski definition) is 2. The summed E-state index contributed by atoms with van der Waals surface area (Å²) in [6.45, 7) is 4.48. The zero-order valence-corrected chi connectivity index (χ0v) is 13.4. The molecule has 2 N–H and O–H groups in total. The van der Waals surface area contributed by atoms with E-state index in [1.165, 1.54) is 21.2 Å². The second-order valence-corrected chi connectivity index (χ2v) is 7.07. The van der Waals surface area contributed by atoms with E-state index in [9.17, 15) is 0 Å². The van der Waals surface area contributed by atoms with Crippen LogP contribution in [-0.2, 0) is 11.8 Å². The molecule has 1 aromatic heterocycles.